The van der Waals surface area contributed by atoms with Crippen LogP contribution in [-0.2, 0) is 4.79 Å². The molecule has 0 bridgehead atoms. The number of halogens is 1. The summed E-state index contributed by atoms with van der Waals surface area (Å²) in [6.45, 7) is 2.48. The van der Waals surface area contributed by atoms with Gasteiger partial charge in [-0.25, -0.2) is 4.39 Å². The number of ether oxygens (including phenoxy) is 1. The summed E-state index contributed by atoms with van der Waals surface area (Å²) in [5.41, 5.74) is 1.79. The van der Waals surface area contributed by atoms with Gasteiger partial charge in [-0.1, -0.05) is 30.0 Å². The Kier molecular flexibility index (Phi) is 7.87. The molecule has 6 nitrogen and oxygen atoms in total. The minimum atomic E-state index is -0.408. The summed E-state index contributed by atoms with van der Waals surface area (Å²) in [4.78, 5) is 13.7. The SMILES string of the molecule is CCOc1ccc(-c2nnc(SCC(=O)Nc3cccc(SC)c3)n2-c2ccccc2F)cc1. The van der Waals surface area contributed by atoms with Crippen LogP contribution in [0.25, 0.3) is 17.1 Å². The van der Waals surface area contributed by atoms with E-state index in [4.69, 9.17) is 4.74 Å². The zero-order valence-corrected chi connectivity index (χ0v) is 20.3. The normalized spacial score (nSPS) is 10.8. The van der Waals surface area contributed by atoms with Crippen molar-refractivity contribution in [2.45, 2.75) is 17.0 Å². The molecular weight excluding hydrogens is 471 g/mol. The zero-order valence-electron chi connectivity index (χ0n) is 18.7. The summed E-state index contributed by atoms with van der Waals surface area (Å²) < 4.78 is 21.9. The maximum atomic E-state index is 14.8. The van der Waals surface area contributed by atoms with E-state index in [1.165, 1.54) is 17.8 Å². The summed E-state index contributed by atoms with van der Waals surface area (Å²) in [5, 5.41) is 11.9. The van der Waals surface area contributed by atoms with E-state index in [1.54, 1.807) is 34.5 Å². The fourth-order valence-corrected chi connectivity index (χ4v) is 4.50. The summed E-state index contributed by atoms with van der Waals surface area (Å²) in [5.74, 6) is 0.715. The molecule has 0 radical (unpaired) electrons. The monoisotopic (exact) mass is 494 g/mol. The first-order valence-corrected chi connectivity index (χ1v) is 12.8. The molecule has 9 heteroatoms. The van der Waals surface area contributed by atoms with Gasteiger partial charge >= 0.3 is 0 Å². The van der Waals surface area contributed by atoms with Gasteiger partial charge in [-0.3, -0.25) is 9.36 Å². The van der Waals surface area contributed by atoms with Crippen LogP contribution < -0.4 is 10.1 Å². The quantitative estimate of drug-likeness (QED) is 0.291. The third kappa shape index (κ3) is 5.60. The lowest BCUT2D eigenvalue weighted by molar-refractivity contribution is -0.113. The number of hydrogen-bond acceptors (Lipinski definition) is 6. The van der Waals surface area contributed by atoms with E-state index in [9.17, 15) is 9.18 Å². The number of carbonyl (C=O) groups excluding carboxylic acids is 1. The van der Waals surface area contributed by atoms with Crippen molar-refractivity contribution < 1.29 is 13.9 Å². The molecule has 0 atom stereocenters. The van der Waals surface area contributed by atoms with E-state index in [0.29, 0.717) is 23.3 Å². The van der Waals surface area contributed by atoms with Crippen molar-refractivity contribution in [3.05, 3.63) is 78.6 Å². The van der Waals surface area contributed by atoms with E-state index >= 15 is 0 Å². The van der Waals surface area contributed by atoms with Crippen molar-refractivity contribution in [2.75, 3.05) is 23.9 Å². The number of nitrogens with zero attached hydrogens (tertiary/aromatic N) is 3. The van der Waals surface area contributed by atoms with Crippen molar-refractivity contribution in [3.63, 3.8) is 0 Å². The van der Waals surface area contributed by atoms with Gasteiger partial charge in [0, 0.05) is 16.1 Å². The second-order valence-corrected chi connectivity index (χ2v) is 8.94. The number of aromatic nitrogens is 3. The van der Waals surface area contributed by atoms with Gasteiger partial charge in [0.15, 0.2) is 11.0 Å². The number of para-hydroxylation sites is 1. The highest BCUT2D eigenvalue weighted by molar-refractivity contribution is 7.99. The summed E-state index contributed by atoms with van der Waals surface area (Å²) in [6.07, 6.45) is 1.98. The maximum Gasteiger partial charge on any atom is 0.234 e. The van der Waals surface area contributed by atoms with Crippen LogP contribution in [0.15, 0.2) is 82.8 Å². The molecule has 4 aromatic rings. The van der Waals surface area contributed by atoms with Gasteiger partial charge in [0.25, 0.3) is 0 Å². The Balaban J connectivity index is 1.59. The minimum absolute atomic E-state index is 0.0966. The van der Waals surface area contributed by atoms with E-state index < -0.39 is 5.82 Å². The molecule has 1 amide bonds. The Hall–Kier alpha value is -3.30. The first-order valence-electron chi connectivity index (χ1n) is 10.6. The third-order valence-corrected chi connectivity index (χ3v) is 6.49. The molecule has 0 fully saturated rings. The highest BCUT2D eigenvalue weighted by Gasteiger charge is 2.19. The summed E-state index contributed by atoms with van der Waals surface area (Å²) >= 11 is 2.80. The average molecular weight is 495 g/mol. The van der Waals surface area contributed by atoms with Gasteiger partial charge in [0.2, 0.25) is 5.91 Å². The predicted molar refractivity (Wildman–Crippen MR) is 135 cm³/mol. The van der Waals surface area contributed by atoms with E-state index in [2.05, 4.69) is 15.5 Å². The molecule has 4 rings (SSSR count). The molecule has 0 aliphatic rings. The number of amides is 1. The fourth-order valence-electron chi connectivity index (χ4n) is 3.30. The van der Waals surface area contributed by atoms with E-state index in [1.807, 2.05) is 61.7 Å². The lowest BCUT2D eigenvalue weighted by Gasteiger charge is -2.12. The molecule has 1 aromatic heterocycles. The lowest BCUT2D eigenvalue weighted by Crippen LogP contribution is -2.14. The Morgan fingerprint density at radius 2 is 1.85 bits per heavy atom. The van der Waals surface area contributed by atoms with Crippen LogP contribution >= 0.6 is 23.5 Å². The Bertz CT molecular complexity index is 1280. The molecule has 1 heterocycles. The van der Waals surface area contributed by atoms with Crippen LogP contribution in [0.1, 0.15) is 6.92 Å². The number of rotatable bonds is 9. The Labute approximate surface area is 205 Å². The predicted octanol–water partition coefficient (Wildman–Crippen LogP) is 5.92. The van der Waals surface area contributed by atoms with E-state index in [-0.39, 0.29) is 11.7 Å². The second-order valence-electron chi connectivity index (χ2n) is 7.12. The molecule has 0 unspecified atom stereocenters. The molecule has 0 spiro atoms. The first kappa shape index (κ1) is 23.8. The van der Waals surface area contributed by atoms with Crippen molar-refractivity contribution in [2.24, 2.45) is 0 Å². The van der Waals surface area contributed by atoms with Crippen LogP contribution in [0.4, 0.5) is 10.1 Å². The Morgan fingerprint density at radius 1 is 1.06 bits per heavy atom. The van der Waals surface area contributed by atoms with Gasteiger partial charge in [-0.15, -0.1) is 22.0 Å². The van der Waals surface area contributed by atoms with Crippen LogP contribution in [0.2, 0.25) is 0 Å². The minimum Gasteiger partial charge on any atom is -0.494 e. The van der Waals surface area contributed by atoms with Crippen molar-refractivity contribution in [1.29, 1.82) is 0 Å². The highest BCUT2D eigenvalue weighted by atomic mass is 32.2. The van der Waals surface area contributed by atoms with Crippen LogP contribution in [0, 0.1) is 5.82 Å². The third-order valence-electron chi connectivity index (χ3n) is 4.84. The highest BCUT2D eigenvalue weighted by Crippen LogP contribution is 2.30. The number of nitrogens with one attached hydrogen (secondary N) is 1. The van der Waals surface area contributed by atoms with Crippen molar-refractivity contribution in [1.82, 2.24) is 14.8 Å². The summed E-state index contributed by atoms with van der Waals surface area (Å²) in [6, 6.07) is 21.4. The van der Waals surface area contributed by atoms with Gasteiger partial charge < -0.3 is 10.1 Å². The fraction of sp³-hybridized carbons (Fsp3) is 0.160. The second kappa shape index (κ2) is 11.2. The van der Waals surface area contributed by atoms with Crippen molar-refractivity contribution in [3.8, 4) is 22.8 Å². The molecule has 1 N–H and O–H groups in total. The number of thioether (sulfide) groups is 2. The smallest absolute Gasteiger partial charge is 0.234 e. The first-order chi connectivity index (χ1) is 16.6. The van der Waals surface area contributed by atoms with Gasteiger partial charge in [-0.2, -0.15) is 0 Å². The van der Waals surface area contributed by atoms with Gasteiger partial charge in [0.05, 0.1) is 18.0 Å². The summed E-state index contributed by atoms with van der Waals surface area (Å²) in [7, 11) is 0. The number of benzene rings is 3. The van der Waals surface area contributed by atoms with Crippen LogP contribution in [0.5, 0.6) is 5.75 Å². The molecular formula is C25H23FN4O2S2. The molecule has 0 saturated heterocycles. The topological polar surface area (TPSA) is 69.0 Å². The molecule has 0 saturated carbocycles. The zero-order chi connectivity index (χ0) is 23.9. The Morgan fingerprint density at radius 3 is 2.59 bits per heavy atom. The molecule has 3 aromatic carbocycles. The largest absolute Gasteiger partial charge is 0.494 e. The van der Waals surface area contributed by atoms with Crippen molar-refractivity contribution >= 4 is 35.1 Å². The average Bonchev–Trinajstić information content (AvgIpc) is 3.27. The van der Waals surface area contributed by atoms with Crippen LogP contribution in [0.3, 0.4) is 0 Å². The molecule has 0 aliphatic carbocycles. The van der Waals surface area contributed by atoms with Crippen LogP contribution in [-0.4, -0.2) is 39.3 Å². The molecule has 0 aliphatic heterocycles. The maximum absolute atomic E-state index is 14.8. The number of carbonyl (C=O) groups is 1. The standard InChI is InChI=1S/C25H23FN4O2S2/c1-3-32-19-13-11-17(12-14-19)24-28-29-25(30(24)22-10-5-4-9-21(22)26)34-16-23(31)27-18-7-6-8-20(15-18)33-2/h4-15H,3,16H2,1-2H3,(H,27,31). The number of hydrogen-bond donors (Lipinski definition) is 1. The molecule has 34 heavy (non-hydrogen) atoms. The molecule has 174 valence electrons. The number of anilines is 1. The van der Waals surface area contributed by atoms with E-state index in [0.717, 1.165) is 21.9 Å². The van der Waals surface area contributed by atoms with Gasteiger partial charge in [-0.05, 0) is 67.8 Å². The van der Waals surface area contributed by atoms with Gasteiger partial charge in [0.1, 0.15) is 11.6 Å². The lowest BCUT2D eigenvalue weighted by atomic mass is 10.2.